The molecule has 0 aliphatic carbocycles. The topological polar surface area (TPSA) is 77.3 Å². The minimum Gasteiger partial charge on any atom is -0.491 e. The van der Waals surface area contributed by atoms with Crippen molar-refractivity contribution < 1.29 is 9.66 Å². The van der Waals surface area contributed by atoms with Crippen LogP contribution in [0.25, 0.3) is 0 Å². The van der Waals surface area contributed by atoms with Crippen LogP contribution in [0, 0.1) is 17.0 Å². The summed E-state index contributed by atoms with van der Waals surface area (Å²) in [6.07, 6.45) is 1.40. The summed E-state index contributed by atoms with van der Waals surface area (Å²) in [6.45, 7) is 4.30. The highest BCUT2D eigenvalue weighted by molar-refractivity contribution is 5.57. The zero-order valence-electron chi connectivity index (χ0n) is 11.9. The van der Waals surface area contributed by atoms with Gasteiger partial charge in [0.15, 0.2) is 0 Å². The highest BCUT2D eigenvalue weighted by atomic mass is 16.6. The van der Waals surface area contributed by atoms with Crippen molar-refractivity contribution in [3.05, 3.63) is 58.3 Å². The summed E-state index contributed by atoms with van der Waals surface area (Å²) in [5.74, 6) is 0.592. The molecule has 0 radical (unpaired) electrons. The Bertz CT molecular complexity index is 614. The first-order chi connectivity index (χ1) is 10.1. The zero-order chi connectivity index (χ0) is 15.2. The van der Waals surface area contributed by atoms with Gasteiger partial charge in [-0.1, -0.05) is 17.7 Å². The first-order valence-electron chi connectivity index (χ1n) is 6.61. The molecule has 21 heavy (non-hydrogen) atoms. The number of nitro groups is 1. The van der Waals surface area contributed by atoms with E-state index in [0.717, 1.165) is 5.75 Å². The average molecular weight is 287 g/mol. The van der Waals surface area contributed by atoms with E-state index in [4.69, 9.17) is 4.74 Å². The molecule has 1 N–H and O–H groups in total. The van der Waals surface area contributed by atoms with Crippen LogP contribution in [-0.4, -0.2) is 22.6 Å². The maximum absolute atomic E-state index is 10.9. The van der Waals surface area contributed by atoms with Crippen LogP contribution in [0.1, 0.15) is 12.5 Å². The molecule has 6 heteroatoms. The number of benzene rings is 1. The Morgan fingerprint density at radius 3 is 2.71 bits per heavy atom. The minimum atomic E-state index is -0.504. The van der Waals surface area contributed by atoms with Crippen molar-refractivity contribution in [3.8, 4) is 5.75 Å². The van der Waals surface area contributed by atoms with E-state index >= 15 is 0 Å². The molecule has 0 saturated heterocycles. The molecule has 1 heterocycles. The van der Waals surface area contributed by atoms with Crippen LogP contribution >= 0.6 is 0 Å². The van der Waals surface area contributed by atoms with Crippen molar-refractivity contribution in [1.29, 1.82) is 0 Å². The fourth-order valence-corrected chi connectivity index (χ4v) is 1.82. The number of nitrogens with zero attached hydrogens (tertiary/aromatic N) is 2. The average Bonchev–Trinajstić information content (AvgIpc) is 2.47. The Balaban J connectivity index is 1.94. The van der Waals surface area contributed by atoms with Crippen molar-refractivity contribution in [2.75, 3.05) is 11.9 Å². The smallest absolute Gasteiger partial charge is 0.386 e. The summed E-state index contributed by atoms with van der Waals surface area (Å²) in [5.41, 5.74) is 1.56. The normalized spacial score (nSPS) is 11.7. The second-order valence-electron chi connectivity index (χ2n) is 4.80. The quantitative estimate of drug-likeness (QED) is 0.652. The highest BCUT2D eigenvalue weighted by Crippen LogP contribution is 2.21. The third-order valence-corrected chi connectivity index (χ3v) is 2.88. The van der Waals surface area contributed by atoms with Gasteiger partial charge < -0.3 is 20.2 Å². The van der Waals surface area contributed by atoms with Crippen molar-refractivity contribution in [3.63, 3.8) is 0 Å². The van der Waals surface area contributed by atoms with E-state index in [1.807, 2.05) is 38.1 Å². The summed E-state index contributed by atoms with van der Waals surface area (Å²) in [6, 6.07) is 10.9. The maximum atomic E-state index is 10.9. The van der Waals surface area contributed by atoms with E-state index in [0.29, 0.717) is 12.3 Å². The molecule has 0 fully saturated rings. The van der Waals surface area contributed by atoms with Gasteiger partial charge in [-0.25, -0.2) is 0 Å². The molecule has 1 unspecified atom stereocenters. The van der Waals surface area contributed by atoms with E-state index in [-0.39, 0.29) is 11.9 Å². The van der Waals surface area contributed by atoms with Gasteiger partial charge in [-0.15, -0.1) is 0 Å². The molecule has 2 aromatic rings. The molecule has 0 bridgehead atoms. The number of rotatable bonds is 6. The van der Waals surface area contributed by atoms with Gasteiger partial charge in [0.25, 0.3) is 0 Å². The number of anilines is 1. The van der Waals surface area contributed by atoms with Gasteiger partial charge >= 0.3 is 5.82 Å². The van der Waals surface area contributed by atoms with Crippen LogP contribution in [0.15, 0.2) is 42.6 Å². The number of pyridine rings is 1. The van der Waals surface area contributed by atoms with E-state index in [1.54, 1.807) is 12.1 Å². The molecule has 6 nitrogen and oxygen atoms in total. The van der Waals surface area contributed by atoms with E-state index in [1.165, 1.54) is 11.8 Å². The van der Waals surface area contributed by atoms with Crippen LogP contribution in [0.4, 0.5) is 11.5 Å². The molecule has 0 spiro atoms. The van der Waals surface area contributed by atoms with Gasteiger partial charge in [-0.2, -0.15) is 0 Å². The molecule has 1 aromatic carbocycles. The standard InChI is InChI=1S/C15H17N3O3/c1-11-5-7-13(8-6-11)21-10-12(2)17-14-4-3-9-16-15(14)18(19)20/h3-9,12,17H,10H2,1-2H3. The predicted molar refractivity (Wildman–Crippen MR) is 80.7 cm³/mol. The number of hydrogen-bond donors (Lipinski definition) is 1. The number of nitrogens with one attached hydrogen (secondary N) is 1. The van der Waals surface area contributed by atoms with Gasteiger partial charge in [0.1, 0.15) is 24.2 Å². The molecule has 2 rings (SSSR count). The maximum Gasteiger partial charge on any atom is 0.386 e. The predicted octanol–water partition coefficient (Wildman–Crippen LogP) is 3.18. The summed E-state index contributed by atoms with van der Waals surface area (Å²) >= 11 is 0. The SMILES string of the molecule is Cc1ccc(OCC(C)Nc2cccnc2[N+](=O)[O-])cc1. The lowest BCUT2D eigenvalue weighted by molar-refractivity contribution is -0.388. The van der Waals surface area contributed by atoms with E-state index < -0.39 is 4.92 Å². The first kappa shape index (κ1) is 14.8. The molecular formula is C15H17N3O3. The monoisotopic (exact) mass is 287 g/mol. The molecule has 0 amide bonds. The molecule has 110 valence electrons. The summed E-state index contributed by atoms with van der Waals surface area (Å²) in [7, 11) is 0. The van der Waals surface area contributed by atoms with Crippen LogP contribution in [0.5, 0.6) is 5.75 Å². The van der Waals surface area contributed by atoms with E-state index in [9.17, 15) is 10.1 Å². The van der Waals surface area contributed by atoms with Crippen molar-refractivity contribution >= 4 is 11.5 Å². The lowest BCUT2D eigenvalue weighted by Gasteiger charge is -2.16. The molecule has 1 atom stereocenters. The van der Waals surface area contributed by atoms with Crippen LogP contribution < -0.4 is 10.1 Å². The molecule has 0 aliphatic rings. The minimum absolute atomic E-state index is 0.0887. The summed E-state index contributed by atoms with van der Waals surface area (Å²) < 4.78 is 5.64. The number of hydrogen-bond acceptors (Lipinski definition) is 5. The summed E-state index contributed by atoms with van der Waals surface area (Å²) in [4.78, 5) is 14.1. The van der Waals surface area contributed by atoms with Crippen LogP contribution in [0.3, 0.4) is 0 Å². The number of aromatic nitrogens is 1. The Labute approximate surface area is 122 Å². The lowest BCUT2D eigenvalue weighted by atomic mass is 10.2. The van der Waals surface area contributed by atoms with E-state index in [2.05, 4.69) is 10.3 Å². The van der Waals surface area contributed by atoms with Gasteiger partial charge in [0.05, 0.1) is 6.04 Å². The second kappa shape index (κ2) is 6.69. The largest absolute Gasteiger partial charge is 0.491 e. The Hall–Kier alpha value is -2.63. The lowest BCUT2D eigenvalue weighted by Crippen LogP contribution is -2.24. The third-order valence-electron chi connectivity index (χ3n) is 2.88. The Morgan fingerprint density at radius 1 is 1.33 bits per heavy atom. The first-order valence-corrected chi connectivity index (χ1v) is 6.61. The fourth-order valence-electron chi connectivity index (χ4n) is 1.82. The number of aryl methyl sites for hydroxylation is 1. The van der Waals surface area contributed by atoms with Gasteiger partial charge in [-0.05, 0) is 48.0 Å². The molecular weight excluding hydrogens is 270 g/mol. The Kier molecular flexibility index (Phi) is 4.71. The third kappa shape index (κ3) is 4.17. The molecule has 0 saturated carbocycles. The molecule has 0 aliphatic heterocycles. The molecule has 1 aromatic heterocycles. The van der Waals surface area contributed by atoms with Crippen molar-refractivity contribution in [1.82, 2.24) is 4.98 Å². The summed E-state index contributed by atoms with van der Waals surface area (Å²) in [5, 5.41) is 13.9. The zero-order valence-corrected chi connectivity index (χ0v) is 11.9. The van der Waals surface area contributed by atoms with Gasteiger partial charge in [0.2, 0.25) is 0 Å². The highest BCUT2D eigenvalue weighted by Gasteiger charge is 2.15. The number of ether oxygens (including phenoxy) is 1. The Morgan fingerprint density at radius 2 is 2.05 bits per heavy atom. The van der Waals surface area contributed by atoms with Crippen molar-refractivity contribution in [2.45, 2.75) is 19.9 Å². The van der Waals surface area contributed by atoms with Gasteiger partial charge in [-0.3, -0.25) is 0 Å². The fraction of sp³-hybridized carbons (Fsp3) is 0.267. The second-order valence-corrected chi connectivity index (χ2v) is 4.80. The van der Waals surface area contributed by atoms with Crippen molar-refractivity contribution in [2.24, 2.45) is 0 Å². The van der Waals surface area contributed by atoms with Gasteiger partial charge in [0, 0.05) is 0 Å². The van der Waals surface area contributed by atoms with Crippen LogP contribution in [0.2, 0.25) is 0 Å². The van der Waals surface area contributed by atoms with Crippen LogP contribution in [-0.2, 0) is 0 Å².